The van der Waals surface area contributed by atoms with Gasteiger partial charge in [-0.25, -0.2) is 0 Å². The summed E-state index contributed by atoms with van der Waals surface area (Å²) < 4.78 is 5.87. The fraction of sp³-hybridized carbons (Fsp3) is 0.0870. The molecule has 0 fully saturated rings. The van der Waals surface area contributed by atoms with E-state index in [4.69, 9.17) is 27.6 Å². The van der Waals surface area contributed by atoms with Crippen LogP contribution in [0.3, 0.4) is 0 Å². The first-order valence-electron chi connectivity index (χ1n) is 9.08. The molecular formula is C23H18Cl2N2O2. The second-order valence-electron chi connectivity index (χ2n) is 6.72. The lowest BCUT2D eigenvalue weighted by atomic mass is 10.1. The van der Waals surface area contributed by atoms with Gasteiger partial charge in [-0.05, 0) is 54.4 Å². The van der Waals surface area contributed by atoms with Gasteiger partial charge in [0.15, 0.2) is 0 Å². The first-order chi connectivity index (χ1) is 14.0. The number of carbonyl (C=O) groups excluding carboxylic acids is 1. The van der Waals surface area contributed by atoms with E-state index in [1.54, 1.807) is 12.1 Å². The SMILES string of the molecule is Cc1cccc(NC(=O)c2oc3ccccc3c2NCc2ccc(Cl)cc2Cl)c1. The van der Waals surface area contributed by atoms with E-state index < -0.39 is 0 Å². The number of carbonyl (C=O) groups is 1. The van der Waals surface area contributed by atoms with Crippen LogP contribution in [0.4, 0.5) is 11.4 Å². The molecule has 0 saturated carbocycles. The average molecular weight is 425 g/mol. The number of amides is 1. The Balaban J connectivity index is 1.66. The maximum absolute atomic E-state index is 13.0. The molecule has 1 heterocycles. The zero-order valence-electron chi connectivity index (χ0n) is 15.6. The summed E-state index contributed by atoms with van der Waals surface area (Å²) in [5.74, 6) is -0.103. The summed E-state index contributed by atoms with van der Waals surface area (Å²) in [5, 5.41) is 8.17. The standard InChI is InChI=1S/C23H18Cl2N2O2/c1-14-5-4-6-17(11-14)27-23(28)22-21(18-7-2-3-8-20(18)29-22)26-13-15-9-10-16(24)12-19(15)25/h2-12,26H,13H2,1H3,(H,27,28). The summed E-state index contributed by atoms with van der Waals surface area (Å²) in [6.07, 6.45) is 0. The third-order valence-electron chi connectivity index (χ3n) is 4.55. The molecule has 0 unspecified atom stereocenters. The number of aryl methyl sites for hydroxylation is 1. The highest BCUT2D eigenvalue weighted by Crippen LogP contribution is 2.32. The Kier molecular flexibility index (Phi) is 5.47. The van der Waals surface area contributed by atoms with Gasteiger partial charge in [-0.3, -0.25) is 4.79 Å². The quantitative estimate of drug-likeness (QED) is 0.365. The molecule has 4 rings (SSSR count). The van der Waals surface area contributed by atoms with Crippen molar-refractivity contribution in [3.05, 3.63) is 93.7 Å². The minimum absolute atomic E-state index is 0.220. The molecule has 0 bridgehead atoms. The lowest BCUT2D eigenvalue weighted by Gasteiger charge is -2.10. The van der Waals surface area contributed by atoms with Crippen molar-refractivity contribution in [2.45, 2.75) is 13.5 Å². The molecule has 1 aromatic heterocycles. The molecule has 0 aliphatic carbocycles. The van der Waals surface area contributed by atoms with Gasteiger partial charge in [-0.1, -0.05) is 53.5 Å². The van der Waals surface area contributed by atoms with Crippen molar-refractivity contribution in [2.24, 2.45) is 0 Å². The van der Waals surface area contributed by atoms with Gasteiger partial charge >= 0.3 is 0 Å². The van der Waals surface area contributed by atoms with Crippen LogP contribution in [0.15, 0.2) is 71.1 Å². The van der Waals surface area contributed by atoms with Crippen molar-refractivity contribution in [3.8, 4) is 0 Å². The minimum Gasteiger partial charge on any atom is -0.449 e. The van der Waals surface area contributed by atoms with E-state index in [0.717, 1.165) is 16.5 Å². The van der Waals surface area contributed by atoms with Gasteiger partial charge in [0.05, 0.1) is 5.69 Å². The van der Waals surface area contributed by atoms with Crippen molar-refractivity contribution in [2.75, 3.05) is 10.6 Å². The predicted molar refractivity (Wildman–Crippen MR) is 119 cm³/mol. The van der Waals surface area contributed by atoms with Crippen molar-refractivity contribution < 1.29 is 9.21 Å². The summed E-state index contributed by atoms with van der Waals surface area (Å²) in [4.78, 5) is 13.0. The number of hydrogen-bond donors (Lipinski definition) is 2. The zero-order chi connectivity index (χ0) is 20.4. The molecule has 6 heteroatoms. The van der Waals surface area contributed by atoms with Gasteiger partial charge in [0.25, 0.3) is 5.91 Å². The molecule has 0 aliphatic heterocycles. The van der Waals surface area contributed by atoms with Crippen LogP contribution in [0, 0.1) is 6.92 Å². The summed E-state index contributed by atoms with van der Waals surface area (Å²) in [7, 11) is 0. The fourth-order valence-electron chi connectivity index (χ4n) is 3.14. The van der Waals surface area contributed by atoms with Gasteiger partial charge in [0.2, 0.25) is 5.76 Å². The van der Waals surface area contributed by atoms with E-state index in [0.29, 0.717) is 33.5 Å². The largest absolute Gasteiger partial charge is 0.449 e. The van der Waals surface area contributed by atoms with Crippen LogP contribution in [-0.4, -0.2) is 5.91 Å². The number of rotatable bonds is 5. The van der Waals surface area contributed by atoms with Crippen molar-refractivity contribution in [1.29, 1.82) is 0 Å². The zero-order valence-corrected chi connectivity index (χ0v) is 17.1. The molecule has 0 radical (unpaired) electrons. The van der Waals surface area contributed by atoms with Crippen LogP contribution in [-0.2, 0) is 6.54 Å². The van der Waals surface area contributed by atoms with Crippen molar-refractivity contribution in [3.63, 3.8) is 0 Å². The molecule has 4 aromatic rings. The van der Waals surface area contributed by atoms with E-state index in [1.165, 1.54) is 0 Å². The Hall–Kier alpha value is -2.95. The number of para-hydroxylation sites is 1. The summed E-state index contributed by atoms with van der Waals surface area (Å²) in [6, 6.07) is 20.5. The Morgan fingerprint density at radius 3 is 2.62 bits per heavy atom. The third kappa shape index (κ3) is 4.24. The first-order valence-corrected chi connectivity index (χ1v) is 9.84. The molecule has 0 atom stereocenters. The van der Waals surface area contributed by atoms with E-state index in [2.05, 4.69) is 10.6 Å². The summed E-state index contributed by atoms with van der Waals surface area (Å²) in [6.45, 7) is 2.39. The predicted octanol–water partition coefficient (Wildman–Crippen LogP) is 6.91. The molecule has 0 aliphatic rings. The molecule has 3 aromatic carbocycles. The normalized spacial score (nSPS) is 10.9. The van der Waals surface area contributed by atoms with Gasteiger partial charge in [0.1, 0.15) is 5.58 Å². The Morgan fingerprint density at radius 2 is 1.83 bits per heavy atom. The van der Waals surface area contributed by atoms with Gasteiger partial charge in [-0.2, -0.15) is 0 Å². The van der Waals surface area contributed by atoms with E-state index in [9.17, 15) is 4.79 Å². The maximum atomic E-state index is 13.0. The monoisotopic (exact) mass is 424 g/mol. The highest BCUT2D eigenvalue weighted by atomic mass is 35.5. The second-order valence-corrected chi connectivity index (χ2v) is 7.56. The molecule has 2 N–H and O–H groups in total. The number of anilines is 2. The second kappa shape index (κ2) is 8.19. The van der Waals surface area contributed by atoms with Crippen LogP contribution >= 0.6 is 23.2 Å². The smallest absolute Gasteiger partial charge is 0.293 e. The fourth-order valence-corrected chi connectivity index (χ4v) is 3.62. The van der Waals surface area contributed by atoms with E-state index in [-0.39, 0.29) is 11.7 Å². The molecule has 0 saturated heterocycles. The lowest BCUT2D eigenvalue weighted by molar-refractivity contribution is 0.0999. The highest BCUT2D eigenvalue weighted by Gasteiger charge is 2.21. The molecule has 1 amide bonds. The molecule has 146 valence electrons. The molecule has 29 heavy (non-hydrogen) atoms. The topological polar surface area (TPSA) is 54.3 Å². The third-order valence-corrected chi connectivity index (χ3v) is 5.14. The Bertz CT molecular complexity index is 1200. The maximum Gasteiger partial charge on any atom is 0.293 e. The van der Waals surface area contributed by atoms with Crippen LogP contribution in [0.5, 0.6) is 0 Å². The van der Waals surface area contributed by atoms with Crippen LogP contribution in [0.1, 0.15) is 21.7 Å². The number of hydrogen-bond acceptors (Lipinski definition) is 3. The van der Waals surface area contributed by atoms with Gasteiger partial charge in [-0.15, -0.1) is 0 Å². The van der Waals surface area contributed by atoms with E-state index in [1.807, 2.05) is 61.5 Å². The number of halogens is 2. The van der Waals surface area contributed by atoms with Crippen molar-refractivity contribution in [1.82, 2.24) is 0 Å². The van der Waals surface area contributed by atoms with Crippen molar-refractivity contribution >= 4 is 51.5 Å². The number of nitrogens with one attached hydrogen (secondary N) is 2. The molecular weight excluding hydrogens is 407 g/mol. The summed E-state index contributed by atoms with van der Waals surface area (Å²) >= 11 is 12.3. The summed E-state index contributed by atoms with van der Waals surface area (Å²) in [5.41, 5.74) is 3.89. The number of fused-ring (bicyclic) bond motifs is 1. The minimum atomic E-state index is -0.323. The van der Waals surface area contributed by atoms with Crippen LogP contribution < -0.4 is 10.6 Å². The van der Waals surface area contributed by atoms with Crippen LogP contribution in [0.25, 0.3) is 11.0 Å². The number of benzene rings is 3. The Labute approximate surface area is 178 Å². The van der Waals surface area contributed by atoms with E-state index >= 15 is 0 Å². The lowest BCUT2D eigenvalue weighted by Crippen LogP contribution is -2.13. The average Bonchev–Trinajstić information content (AvgIpc) is 3.06. The van der Waals surface area contributed by atoms with Gasteiger partial charge in [0, 0.05) is 27.7 Å². The first kappa shape index (κ1) is 19.4. The highest BCUT2D eigenvalue weighted by molar-refractivity contribution is 6.35. The van der Waals surface area contributed by atoms with Gasteiger partial charge < -0.3 is 15.1 Å². The molecule has 0 spiro atoms. The number of furan rings is 1. The molecule has 4 nitrogen and oxygen atoms in total. The Morgan fingerprint density at radius 1 is 1.00 bits per heavy atom. The van der Waals surface area contributed by atoms with Crippen LogP contribution in [0.2, 0.25) is 10.0 Å².